The zero-order valence-electron chi connectivity index (χ0n) is 14.0. The smallest absolute Gasteiger partial charge is 0.330 e. The number of carbonyl (C=O) groups is 3. The fourth-order valence-corrected chi connectivity index (χ4v) is 2.32. The Morgan fingerprint density at radius 3 is 2.13 bits per heavy atom. The van der Waals surface area contributed by atoms with Crippen LogP contribution in [-0.2, 0) is 14.4 Å². The van der Waals surface area contributed by atoms with Gasteiger partial charge in [0.2, 0.25) is 11.8 Å². The molecule has 0 spiro atoms. The summed E-state index contributed by atoms with van der Waals surface area (Å²) in [5, 5.41) is 11.9. The number of amides is 2. The highest BCUT2D eigenvalue weighted by atomic mass is 16.4. The van der Waals surface area contributed by atoms with Crippen LogP contribution in [0.4, 0.5) is 0 Å². The van der Waals surface area contributed by atoms with E-state index in [0.29, 0.717) is 12.0 Å². The first kappa shape index (κ1) is 18.7. The molecular weight excluding hydrogens is 296 g/mol. The number of hydrogen-bond donors (Lipinski definition) is 2. The Morgan fingerprint density at radius 1 is 1.09 bits per heavy atom. The van der Waals surface area contributed by atoms with Crippen LogP contribution in [0.5, 0.6) is 0 Å². The zero-order valence-corrected chi connectivity index (χ0v) is 14.0. The van der Waals surface area contributed by atoms with Gasteiger partial charge in [0, 0.05) is 26.9 Å². The molecule has 0 aliphatic carbocycles. The SMILES string of the molecule is Cc1cc(C)cc(C(NC(=O)CCCC(=O)N(C)C)C(=O)O)c1. The van der Waals surface area contributed by atoms with E-state index in [1.54, 1.807) is 26.2 Å². The van der Waals surface area contributed by atoms with Crippen molar-refractivity contribution in [2.45, 2.75) is 39.2 Å². The molecule has 6 heteroatoms. The van der Waals surface area contributed by atoms with Crippen molar-refractivity contribution in [2.24, 2.45) is 0 Å². The second kappa shape index (κ2) is 8.31. The molecule has 0 fully saturated rings. The minimum atomic E-state index is -1.10. The molecule has 0 aromatic heterocycles. The van der Waals surface area contributed by atoms with Gasteiger partial charge in [-0.3, -0.25) is 9.59 Å². The van der Waals surface area contributed by atoms with E-state index in [1.165, 1.54) is 4.90 Å². The van der Waals surface area contributed by atoms with E-state index < -0.39 is 12.0 Å². The quantitative estimate of drug-likeness (QED) is 0.802. The van der Waals surface area contributed by atoms with Crippen molar-refractivity contribution in [3.8, 4) is 0 Å². The van der Waals surface area contributed by atoms with E-state index in [1.807, 2.05) is 19.9 Å². The molecule has 0 saturated carbocycles. The van der Waals surface area contributed by atoms with Crippen LogP contribution in [-0.4, -0.2) is 41.9 Å². The van der Waals surface area contributed by atoms with Gasteiger partial charge in [0.25, 0.3) is 0 Å². The summed E-state index contributed by atoms with van der Waals surface area (Å²) in [7, 11) is 3.31. The van der Waals surface area contributed by atoms with Gasteiger partial charge in [0.05, 0.1) is 0 Å². The Morgan fingerprint density at radius 2 is 1.65 bits per heavy atom. The van der Waals surface area contributed by atoms with Gasteiger partial charge < -0.3 is 15.3 Å². The Balaban J connectivity index is 2.67. The molecule has 0 aliphatic heterocycles. The number of carboxylic acid groups (broad SMARTS) is 1. The van der Waals surface area contributed by atoms with Crippen LogP contribution in [0.3, 0.4) is 0 Å². The predicted molar refractivity (Wildman–Crippen MR) is 87.0 cm³/mol. The van der Waals surface area contributed by atoms with E-state index in [4.69, 9.17) is 0 Å². The topological polar surface area (TPSA) is 86.7 Å². The second-order valence-electron chi connectivity index (χ2n) is 5.90. The summed E-state index contributed by atoms with van der Waals surface area (Å²) in [4.78, 5) is 36.3. The average molecular weight is 320 g/mol. The lowest BCUT2D eigenvalue weighted by atomic mass is 10.0. The van der Waals surface area contributed by atoms with Crippen molar-refractivity contribution in [2.75, 3.05) is 14.1 Å². The first-order valence-electron chi connectivity index (χ1n) is 7.51. The van der Waals surface area contributed by atoms with Crippen molar-refractivity contribution in [3.05, 3.63) is 34.9 Å². The van der Waals surface area contributed by atoms with Gasteiger partial charge in [0.1, 0.15) is 0 Å². The van der Waals surface area contributed by atoms with E-state index in [9.17, 15) is 19.5 Å². The third-order valence-electron chi connectivity index (χ3n) is 3.42. The van der Waals surface area contributed by atoms with Crippen LogP contribution < -0.4 is 5.32 Å². The largest absolute Gasteiger partial charge is 0.479 e. The van der Waals surface area contributed by atoms with Crippen LogP contribution in [0.1, 0.15) is 42.0 Å². The van der Waals surface area contributed by atoms with Crippen LogP contribution in [0.25, 0.3) is 0 Å². The summed E-state index contributed by atoms with van der Waals surface area (Å²) in [6, 6.07) is 4.37. The standard InChI is InChI=1S/C17H24N2O4/c1-11-8-12(2)10-13(9-11)16(17(22)23)18-14(20)6-5-7-15(21)19(3)4/h8-10,16H,5-7H2,1-4H3,(H,18,20)(H,22,23). The lowest BCUT2D eigenvalue weighted by Crippen LogP contribution is -2.34. The number of aliphatic carboxylic acids is 1. The number of benzene rings is 1. The number of carbonyl (C=O) groups excluding carboxylic acids is 2. The number of nitrogens with zero attached hydrogens (tertiary/aromatic N) is 1. The van der Waals surface area contributed by atoms with Crippen molar-refractivity contribution in [3.63, 3.8) is 0 Å². The van der Waals surface area contributed by atoms with Gasteiger partial charge in [-0.2, -0.15) is 0 Å². The van der Waals surface area contributed by atoms with Gasteiger partial charge >= 0.3 is 5.97 Å². The fraction of sp³-hybridized carbons (Fsp3) is 0.471. The van der Waals surface area contributed by atoms with Crippen molar-refractivity contribution in [1.82, 2.24) is 10.2 Å². The molecule has 1 atom stereocenters. The summed E-state index contributed by atoms with van der Waals surface area (Å²) in [5.74, 6) is -1.53. The lowest BCUT2D eigenvalue weighted by Gasteiger charge is -2.16. The third kappa shape index (κ3) is 6.10. The van der Waals surface area contributed by atoms with Crippen LogP contribution in [0.2, 0.25) is 0 Å². The van der Waals surface area contributed by atoms with Gasteiger partial charge in [-0.15, -0.1) is 0 Å². The predicted octanol–water partition coefficient (Wildman–Crippen LogP) is 1.80. The fourth-order valence-electron chi connectivity index (χ4n) is 2.32. The summed E-state index contributed by atoms with van der Waals surface area (Å²) in [5.41, 5.74) is 2.43. The lowest BCUT2D eigenvalue weighted by molar-refractivity contribution is -0.142. The number of nitrogens with one attached hydrogen (secondary N) is 1. The highest BCUT2D eigenvalue weighted by Crippen LogP contribution is 2.18. The summed E-state index contributed by atoms with van der Waals surface area (Å²) in [6.45, 7) is 3.76. The minimum absolute atomic E-state index is 0.0538. The van der Waals surface area contributed by atoms with Gasteiger partial charge in [-0.1, -0.05) is 29.3 Å². The Hall–Kier alpha value is -2.37. The summed E-state index contributed by atoms with van der Waals surface area (Å²) >= 11 is 0. The van der Waals surface area contributed by atoms with Crippen LogP contribution >= 0.6 is 0 Å². The molecule has 0 saturated heterocycles. The molecule has 1 unspecified atom stereocenters. The second-order valence-corrected chi connectivity index (χ2v) is 5.90. The maximum absolute atomic E-state index is 12.0. The van der Waals surface area contributed by atoms with Gasteiger partial charge in [-0.05, 0) is 25.8 Å². The summed E-state index contributed by atoms with van der Waals surface area (Å²) in [6.07, 6.45) is 0.776. The average Bonchev–Trinajstić information content (AvgIpc) is 2.43. The molecule has 6 nitrogen and oxygen atoms in total. The normalized spacial score (nSPS) is 11.7. The van der Waals surface area contributed by atoms with Crippen molar-refractivity contribution in [1.29, 1.82) is 0 Å². The molecule has 1 aromatic rings. The molecule has 1 rings (SSSR count). The molecule has 0 radical (unpaired) electrons. The molecule has 23 heavy (non-hydrogen) atoms. The Kier molecular flexibility index (Phi) is 6.75. The van der Waals surface area contributed by atoms with Gasteiger partial charge in [-0.25, -0.2) is 4.79 Å². The maximum Gasteiger partial charge on any atom is 0.330 e. The first-order chi connectivity index (χ1) is 10.7. The maximum atomic E-state index is 12.0. The van der Waals surface area contributed by atoms with Crippen LogP contribution in [0, 0.1) is 13.8 Å². The number of rotatable bonds is 7. The van der Waals surface area contributed by atoms with Crippen molar-refractivity contribution < 1.29 is 19.5 Å². The molecule has 1 aromatic carbocycles. The van der Waals surface area contributed by atoms with Crippen LogP contribution in [0.15, 0.2) is 18.2 Å². The Bertz CT molecular complexity index is 576. The first-order valence-corrected chi connectivity index (χ1v) is 7.51. The highest BCUT2D eigenvalue weighted by molar-refractivity contribution is 5.85. The van der Waals surface area contributed by atoms with E-state index in [0.717, 1.165) is 11.1 Å². The van der Waals surface area contributed by atoms with E-state index in [-0.39, 0.29) is 24.7 Å². The number of aryl methyl sites for hydroxylation is 2. The molecule has 126 valence electrons. The monoisotopic (exact) mass is 320 g/mol. The summed E-state index contributed by atoms with van der Waals surface area (Å²) < 4.78 is 0. The molecule has 0 aliphatic rings. The number of hydrogen-bond acceptors (Lipinski definition) is 3. The molecular formula is C17H24N2O4. The molecule has 2 amide bonds. The van der Waals surface area contributed by atoms with Gasteiger partial charge in [0.15, 0.2) is 6.04 Å². The third-order valence-corrected chi connectivity index (χ3v) is 3.42. The molecule has 2 N–H and O–H groups in total. The zero-order chi connectivity index (χ0) is 17.6. The van der Waals surface area contributed by atoms with E-state index in [2.05, 4.69) is 5.32 Å². The molecule has 0 bridgehead atoms. The molecule has 0 heterocycles. The van der Waals surface area contributed by atoms with Crippen molar-refractivity contribution >= 4 is 17.8 Å². The van der Waals surface area contributed by atoms with E-state index >= 15 is 0 Å². The minimum Gasteiger partial charge on any atom is -0.479 e. The number of carboxylic acids is 1. The Labute approximate surface area is 136 Å². The highest BCUT2D eigenvalue weighted by Gasteiger charge is 2.22.